The predicted molar refractivity (Wildman–Crippen MR) is 90.8 cm³/mol. The van der Waals surface area contributed by atoms with Crippen molar-refractivity contribution < 1.29 is 24.2 Å². The summed E-state index contributed by atoms with van der Waals surface area (Å²) in [6.07, 6.45) is 0.313. The minimum atomic E-state index is -1.05. The minimum absolute atomic E-state index is 0.138. The maximum Gasteiger partial charge on any atom is 0.407 e. The Bertz CT molecular complexity index is 662. The Labute approximate surface area is 144 Å². The molecule has 0 aromatic carbocycles. The van der Waals surface area contributed by atoms with Gasteiger partial charge in [0, 0.05) is 19.0 Å². The molecule has 1 aromatic rings. The van der Waals surface area contributed by atoms with E-state index in [1.165, 1.54) is 4.90 Å². The normalized spacial score (nSPS) is 15.7. The molecule has 0 saturated carbocycles. The van der Waals surface area contributed by atoms with Crippen molar-refractivity contribution >= 4 is 35.0 Å². The summed E-state index contributed by atoms with van der Waals surface area (Å²) in [5.74, 6) is -1.19. The molecule has 2 amide bonds. The maximum absolute atomic E-state index is 12.3. The molecule has 132 valence electrons. The third-order valence-corrected chi connectivity index (χ3v) is 4.44. The fraction of sp³-hybridized carbons (Fsp3) is 0.562. The van der Waals surface area contributed by atoms with E-state index in [0.29, 0.717) is 18.5 Å². The van der Waals surface area contributed by atoms with Crippen molar-refractivity contribution in [3.8, 4) is 0 Å². The lowest BCUT2D eigenvalue weighted by atomic mass is 10.0. The molecule has 0 unspecified atom stereocenters. The highest BCUT2D eigenvalue weighted by molar-refractivity contribution is 7.12. The Morgan fingerprint density at radius 2 is 2.08 bits per heavy atom. The zero-order valence-electron chi connectivity index (χ0n) is 14.2. The second kappa shape index (κ2) is 6.80. The first-order valence-electron chi connectivity index (χ1n) is 7.72. The van der Waals surface area contributed by atoms with E-state index in [1.807, 2.05) is 0 Å². The third kappa shape index (κ3) is 4.25. The number of aryl methyl sites for hydroxylation is 1. The van der Waals surface area contributed by atoms with Gasteiger partial charge in [-0.05, 0) is 45.1 Å². The van der Waals surface area contributed by atoms with Gasteiger partial charge in [-0.1, -0.05) is 0 Å². The standard InChI is InChI=1S/C16H22N2O5S/c1-9(17-15(22)23-16(2,3)4)7-18-11(19)6-5-10-8-24-13(12(10)18)14(20)21/h8-9H,5-7H2,1-4H3,(H,17,22)(H,20,21)/t9-/m0/s1. The second-order valence-corrected chi connectivity index (χ2v) is 7.68. The van der Waals surface area contributed by atoms with Gasteiger partial charge in [-0.3, -0.25) is 4.79 Å². The number of rotatable bonds is 4. The van der Waals surface area contributed by atoms with Crippen molar-refractivity contribution in [2.75, 3.05) is 11.4 Å². The number of carbonyl (C=O) groups is 3. The molecule has 2 N–H and O–H groups in total. The van der Waals surface area contributed by atoms with Crippen LogP contribution in [0.2, 0.25) is 0 Å². The summed E-state index contributed by atoms with van der Waals surface area (Å²) in [5.41, 5.74) is 0.713. The van der Waals surface area contributed by atoms with Crippen molar-refractivity contribution in [3.63, 3.8) is 0 Å². The Morgan fingerprint density at radius 3 is 2.67 bits per heavy atom. The maximum atomic E-state index is 12.3. The number of ether oxygens (including phenoxy) is 1. The van der Waals surface area contributed by atoms with Crippen LogP contribution in [0.25, 0.3) is 0 Å². The van der Waals surface area contributed by atoms with Gasteiger partial charge >= 0.3 is 12.1 Å². The van der Waals surface area contributed by atoms with Crippen molar-refractivity contribution in [1.29, 1.82) is 0 Å². The van der Waals surface area contributed by atoms with Crippen LogP contribution in [0.1, 0.15) is 49.4 Å². The first-order valence-corrected chi connectivity index (χ1v) is 8.60. The van der Waals surface area contributed by atoms with Crippen molar-refractivity contribution in [2.24, 2.45) is 0 Å². The van der Waals surface area contributed by atoms with E-state index in [4.69, 9.17) is 4.74 Å². The van der Waals surface area contributed by atoms with Gasteiger partial charge in [0.15, 0.2) is 0 Å². The minimum Gasteiger partial charge on any atom is -0.477 e. The molecule has 0 radical (unpaired) electrons. The van der Waals surface area contributed by atoms with Gasteiger partial charge < -0.3 is 20.1 Å². The van der Waals surface area contributed by atoms with Gasteiger partial charge in [0.2, 0.25) is 5.91 Å². The smallest absolute Gasteiger partial charge is 0.407 e. The van der Waals surface area contributed by atoms with Crippen LogP contribution < -0.4 is 10.2 Å². The molecule has 2 heterocycles. The van der Waals surface area contributed by atoms with E-state index in [0.717, 1.165) is 16.9 Å². The van der Waals surface area contributed by atoms with Crippen LogP contribution in [-0.4, -0.2) is 41.3 Å². The molecule has 0 fully saturated rings. The summed E-state index contributed by atoms with van der Waals surface area (Å²) in [7, 11) is 0. The van der Waals surface area contributed by atoms with Crippen molar-refractivity contribution in [1.82, 2.24) is 5.32 Å². The predicted octanol–water partition coefficient (Wildman–Crippen LogP) is 2.64. The molecular formula is C16H22N2O5S. The Morgan fingerprint density at radius 1 is 1.42 bits per heavy atom. The van der Waals surface area contributed by atoms with E-state index < -0.39 is 17.7 Å². The van der Waals surface area contributed by atoms with Crippen molar-refractivity contribution in [2.45, 2.75) is 52.2 Å². The highest BCUT2D eigenvalue weighted by atomic mass is 32.1. The number of carbonyl (C=O) groups excluding carboxylic acids is 2. The van der Waals surface area contributed by atoms with Gasteiger partial charge in [-0.15, -0.1) is 11.3 Å². The molecule has 0 saturated heterocycles. The molecule has 0 spiro atoms. The van der Waals surface area contributed by atoms with E-state index >= 15 is 0 Å². The largest absolute Gasteiger partial charge is 0.477 e. The fourth-order valence-electron chi connectivity index (χ4n) is 2.54. The number of hydrogen-bond acceptors (Lipinski definition) is 5. The highest BCUT2D eigenvalue weighted by Gasteiger charge is 2.32. The molecule has 7 nitrogen and oxygen atoms in total. The summed E-state index contributed by atoms with van der Waals surface area (Å²) in [5, 5.41) is 13.8. The summed E-state index contributed by atoms with van der Waals surface area (Å²) >= 11 is 1.12. The molecular weight excluding hydrogens is 332 g/mol. The molecule has 1 aliphatic heterocycles. The number of nitrogens with one attached hydrogen (secondary N) is 1. The molecule has 8 heteroatoms. The number of carboxylic acids is 1. The van der Waals surface area contributed by atoms with E-state index in [1.54, 1.807) is 33.1 Å². The molecule has 1 aliphatic rings. The number of amides is 2. The Balaban J connectivity index is 2.12. The van der Waals surface area contributed by atoms with Gasteiger partial charge in [-0.2, -0.15) is 0 Å². The second-order valence-electron chi connectivity index (χ2n) is 6.80. The lowest BCUT2D eigenvalue weighted by Gasteiger charge is -2.31. The summed E-state index contributed by atoms with van der Waals surface area (Å²) < 4.78 is 5.20. The number of hydrogen-bond donors (Lipinski definition) is 2. The molecule has 24 heavy (non-hydrogen) atoms. The van der Waals surface area contributed by atoms with E-state index in [-0.39, 0.29) is 23.4 Å². The number of aromatic carboxylic acids is 1. The van der Waals surface area contributed by atoms with Gasteiger partial charge in [0.1, 0.15) is 10.5 Å². The SMILES string of the molecule is C[C@@H](CN1C(=O)CCc2csc(C(=O)O)c21)NC(=O)OC(C)(C)C. The molecule has 0 bridgehead atoms. The van der Waals surface area contributed by atoms with Gasteiger partial charge in [-0.25, -0.2) is 9.59 Å². The van der Waals surface area contributed by atoms with Crippen LogP contribution in [0.5, 0.6) is 0 Å². The van der Waals surface area contributed by atoms with Crippen LogP contribution in [0.3, 0.4) is 0 Å². The van der Waals surface area contributed by atoms with Gasteiger partial charge in [0.05, 0.1) is 5.69 Å². The van der Waals surface area contributed by atoms with Crippen molar-refractivity contribution in [3.05, 3.63) is 15.8 Å². The Hall–Kier alpha value is -2.09. The average Bonchev–Trinajstić information content (AvgIpc) is 2.83. The summed E-state index contributed by atoms with van der Waals surface area (Å²) in [6.45, 7) is 7.24. The third-order valence-electron chi connectivity index (χ3n) is 3.43. The lowest BCUT2D eigenvalue weighted by molar-refractivity contribution is -0.119. The number of anilines is 1. The number of alkyl carbamates (subject to hydrolysis) is 1. The zero-order chi connectivity index (χ0) is 18.1. The zero-order valence-corrected chi connectivity index (χ0v) is 15.0. The number of carboxylic acid groups (broad SMARTS) is 1. The van der Waals surface area contributed by atoms with Crippen LogP contribution in [0.4, 0.5) is 10.5 Å². The topological polar surface area (TPSA) is 95.9 Å². The Kier molecular flexibility index (Phi) is 5.17. The van der Waals surface area contributed by atoms with Crippen LogP contribution in [0, 0.1) is 0 Å². The number of nitrogens with zero attached hydrogens (tertiary/aromatic N) is 1. The molecule has 1 aromatic heterocycles. The summed E-state index contributed by atoms with van der Waals surface area (Å²) in [4.78, 5) is 37.1. The quantitative estimate of drug-likeness (QED) is 0.866. The fourth-order valence-corrected chi connectivity index (χ4v) is 3.48. The summed E-state index contributed by atoms with van der Waals surface area (Å²) in [6, 6.07) is -0.378. The molecule has 1 atom stereocenters. The lowest BCUT2D eigenvalue weighted by Crippen LogP contribution is -2.47. The molecule has 2 rings (SSSR count). The number of thiophene rings is 1. The number of fused-ring (bicyclic) bond motifs is 1. The monoisotopic (exact) mass is 354 g/mol. The molecule has 0 aliphatic carbocycles. The van der Waals surface area contributed by atoms with Crippen LogP contribution in [-0.2, 0) is 16.0 Å². The van der Waals surface area contributed by atoms with Crippen LogP contribution in [0.15, 0.2) is 5.38 Å². The van der Waals surface area contributed by atoms with E-state index in [2.05, 4.69) is 5.32 Å². The van der Waals surface area contributed by atoms with Crippen LogP contribution >= 0.6 is 11.3 Å². The van der Waals surface area contributed by atoms with Gasteiger partial charge in [0.25, 0.3) is 0 Å². The highest BCUT2D eigenvalue weighted by Crippen LogP contribution is 2.36. The first-order chi connectivity index (χ1) is 11.1. The van der Waals surface area contributed by atoms with E-state index in [9.17, 15) is 19.5 Å². The first kappa shape index (κ1) is 18.3. The average molecular weight is 354 g/mol.